The summed E-state index contributed by atoms with van der Waals surface area (Å²) >= 11 is 0. The molecule has 0 aromatic heterocycles. The monoisotopic (exact) mass is 734 g/mol. The van der Waals surface area contributed by atoms with Gasteiger partial charge in [-0.25, -0.2) is 0 Å². The molecule has 0 fully saturated rings. The van der Waals surface area contributed by atoms with Crippen molar-refractivity contribution in [3.8, 4) is 0 Å². The smallest absolute Gasteiger partial charge is 0.293 e. The molecule has 2 amide bonds. The molecule has 0 saturated heterocycles. The summed E-state index contributed by atoms with van der Waals surface area (Å²) in [7, 11) is 1.71. The van der Waals surface area contributed by atoms with Crippen LogP contribution in [0.4, 0.5) is 5.69 Å². The number of carbonyl (C=O) groups is 3. The van der Waals surface area contributed by atoms with Gasteiger partial charge in [-0.15, -0.1) is 0 Å². The molecule has 53 heavy (non-hydrogen) atoms. The SMILES string of the molecule is COC(C)(C)CCOC(C)(C)C(C)(C)CC(C)(C)C(=O)NC(C)(C)CC(C)(C)C(=O)N1Cc2ccccc2/C(N)=C(/NCCOC=O)c2ccccc21. The number of nitrogens with two attached hydrogens (primary N) is 1. The number of hydrogen-bond acceptors (Lipinski definition) is 8. The van der Waals surface area contributed by atoms with E-state index in [1.165, 1.54) is 0 Å². The van der Waals surface area contributed by atoms with Gasteiger partial charge in [0.2, 0.25) is 11.8 Å². The molecule has 3 rings (SSSR count). The highest BCUT2D eigenvalue weighted by molar-refractivity contribution is 6.03. The lowest BCUT2D eigenvalue weighted by Gasteiger charge is -2.46. The van der Waals surface area contributed by atoms with E-state index >= 15 is 0 Å². The van der Waals surface area contributed by atoms with Crippen molar-refractivity contribution in [3.05, 3.63) is 65.2 Å². The summed E-state index contributed by atoms with van der Waals surface area (Å²) in [6.45, 7) is 26.1. The summed E-state index contributed by atoms with van der Waals surface area (Å²) in [5.41, 5.74) is 7.78. The molecule has 0 aliphatic carbocycles. The molecule has 10 nitrogen and oxygen atoms in total. The van der Waals surface area contributed by atoms with Gasteiger partial charge in [-0.3, -0.25) is 14.4 Å². The van der Waals surface area contributed by atoms with Crippen LogP contribution in [0.1, 0.15) is 119 Å². The summed E-state index contributed by atoms with van der Waals surface area (Å²) in [6.07, 6.45) is 1.73. The molecule has 2 aromatic rings. The lowest BCUT2D eigenvalue weighted by Crippen LogP contribution is -2.55. The van der Waals surface area contributed by atoms with Crippen molar-refractivity contribution in [3.63, 3.8) is 0 Å². The highest BCUT2D eigenvalue weighted by Gasteiger charge is 2.46. The maximum atomic E-state index is 14.8. The average molecular weight is 735 g/mol. The fourth-order valence-electron chi connectivity index (χ4n) is 7.35. The van der Waals surface area contributed by atoms with E-state index in [1.807, 2.05) is 109 Å². The van der Waals surface area contributed by atoms with Crippen LogP contribution in [-0.2, 0) is 35.1 Å². The predicted octanol–water partition coefficient (Wildman–Crippen LogP) is 7.44. The molecule has 2 aromatic carbocycles. The van der Waals surface area contributed by atoms with E-state index < -0.39 is 22.0 Å². The standard InChI is InChI=1S/C43H66N4O6/c1-38(2,27-40(5,6)43(11,12)53-24-22-42(9,10)51-13)36(49)46-41(7,8)28-39(3,4)37(50)47-26-30-18-14-15-19-31(30)34(44)35(45-23-25-52-29-48)32-20-16-17-21-33(32)47/h14-21,29,45H,22-28,44H2,1-13H3,(H,46,49)/b35-34-. The number of fused-ring (bicyclic) bond motifs is 2. The second kappa shape index (κ2) is 16.6. The molecular weight excluding hydrogens is 668 g/mol. The molecule has 1 aliphatic rings. The normalized spacial score (nSPS) is 15.8. The number of nitrogens with zero attached hydrogens (tertiary/aromatic N) is 1. The van der Waals surface area contributed by atoms with Gasteiger partial charge in [0, 0.05) is 41.2 Å². The van der Waals surface area contributed by atoms with E-state index in [0.717, 1.165) is 23.1 Å². The molecule has 0 bridgehead atoms. The van der Waals surface area contributed by atoms with Gasteiger partial charge in [-0.05, 0) is 77.8 Å². The molecule has 0 spiro atoms. The van der Waals surface area contributed by atoms with Crippen LogP contribution in [0.3, 0.4) is 0 Å². The Labute approximate surface area is 318 Å². The van der Waals surface area contributed by atoms with Crippen molar-refractivity contribution in [2.24, 2.45) is 22.0 Å². The topological polar surface area (TPSA) is 132 Å². The summed E-state index contributed by atoms with van der Waals surface area (Å²) in [6, 6.07) is 15.5. The number of rotatable bonds is 18. The molecular formula is C43H66N4O6. The number of carbonyl (C=O) groups excluding carboxylic acids is 3. The summed E-state index contributed by atoms with van der Waals surface area (Å²) in [5.74, 6) is -0.155. The third kappa shape index (κ3) is 10.8. The van der Waals surface area contributed by atoms with Crippen LogP contribution in [0.5, 0.6) is 0 Å². The molecule has 0 saturated carbocycles. The average Bonchev–Trinajstić information content (AvgIpc) is 3.05. The molecule has 0 unspecified atom stereocenters. The van der Waals surface area contributed by atoms with Crippen LogP contribution in [0, 0.1) is 16.2 Å². The maximum absolute atomic E-state index is 14.8. The second-order valence-corrected chi connectivity index (χ2v) is 18.2. The fourth-order valence-corrected chi connectivity index (χ4v) is 7.35. The number of methoxy groups -OCH3 is 1. The van der Waals surface area contributed by atoms with Gasteiger partial charge in [0.1, 0.15) is 6.61 Å². The van der Waals surface area contributed by atoms with E-state index in [9.17, 15) is 14.4 Å². The number of anilines is 1. The molecule has 1 heterocycles. The van der Waals surface area contributed by atoms with Crippen molar-refractivity contribution in [1.29, 1.82) is 0 Å². The van der Waals surface area contributed by atoms with Gasteiger partial charge in [0.05, 0.1) is 41.4 Å². The van der Waals surface area contributed by atoms with Crippen molar-refractivity contribution < 1.29 is 28.6 Å². The Bertz CT molecular complexity index is 1640. The van der Waals surface area contributed by atoms with Gasteiger partial charge in [-0.1, -0.05) is 84.0 Å². The van der Waals surface area contributed by atoms with E-state index in [2.05, 4.69) is 38.3 Å². The first-order valence-corrected chi connectivity index (χ1v) is 18.7. The fraction of sp³-hybridized carbons (Fsp3) is 0.605. The molecule has 1 aliphatic heterocycles. The largest absolute Gasteiger partial charge is 0.466 e. The van der Waals surface area contributed by atoms with Crippen LogP contribution in [0.15, 0.2) is 48.5 Å². The van der Waals surface area contributed by atoms with Crippen molar-refractivity contribution >= 4 is 35.4 Å². The lowest BCUT2D eigenvalue weighted by molar-refractivity contribution is -0.143. The van der Waals surface area contributed by atoms with Crippen LogP contribution >= 0.6 is 0 Å². The molecule has 0 radical (unpaired) electrons. The Balaban J connectivity index is 1.86. The van der Waals surface area contributed by atoms with Crippen LogP contribution in [0.2, 0.25) is 0 Å². The van der Waals surface area contributed by atoms with Crippen LogP contribution in [-0.4, -0.2) is 61.9 Å². The third-order valence-electron chi connectivity index (χ3n) is 11.0. The first kappa shape index (κ1) is 43.5. The molecule has 0 atom stereocenters. The van der Waals surface area contributed by atoms with Crippen molar-refractivity contribution in [2.75, 3.05) is 31.8 Å². The Hall–Kier alpha value is -3.89. The van der Waals surface area contributed by atoms with Crippen LogP contribution < -0.4 is 21.3 Å². The highest BCUT2D eigenvalue weighted by Crippen LogP contribution is 2.45. The predicted molar refractivity (Wildman–Crippen MR) is 214 cm³/mol. The number of amides is 2. The van der Waals surface area contributed by atoms with Gasteiger partial charge < -0.3 is 35.5 Å². The molecule has 294 valence electrons. The summed E-state index contributed by atoms with van der Waals surface area (Å²) < 4.78 is 16.9. The third-order valence-corrected chi connectivity index (χ3v) is 11.0. The van der Waals surface area contributed by atoms with Crippen LogP contribution in [0.25, 0.3) is 11.4 Å². The Morgan fingerprint density at radius 3 is 2.06 bits per heavy atom. The minimum Gasteiger partial charge on any atom is -0.466 e. The zero-order valence-corrected chi connectivity index (χ0v) is 34.6. The van der Waals surface area contributed by atoms with Crippen molar-refractivity contribution in [1.82, 2.24) is 10.6 Å². The van der Waals surface area contributed by atoms with Gasteiger partial charge in [0.25, 0.3) is 6.47 Å². The minimum atomic E-state index is -0.881. The number of para-hydroxylation sites is 1. The first-order chi connectivity index (χ1) is 24.4. The first-order valence-electron chi connectivity index (χ1n) is 18.7. The molecule has 10 heteroatoms. The van der Waals surface area contributed by atoms with Gasteiger partial charge in [-0.2, -0.15) is 0 Å². The minimum absolute atomic E-state index is 0.0736. The quantitative estimate of drug-likeness (QED) is 0.106. The number of hydrogen-bond donors (Lipinski definition) is 3. The van der Waals surface area contributed by atoms with E-state index in [1.54, 1.807) is 7.11 Å². The second-order valence-electron chi connectivity index (χ2n) is 18.2. The van der Waals surface area contributed by atoms with E-state index in [4.69, 9.17) is 19.9 Å². The van der Waals surface area contributed by atoms with E-state index in [0.29, 0.717) is 56.1 Å². The zero-order valence-electron chi connectivity index (χ0n) is 34.6. The zero-order chi connectivity index (χ0) is 40.0. The Morgan fingerprint density at radius 1 is 0.830 bits per heavy atom. The summed E-state index contributed by atoms with van der Waals surface area (Å²) in [4.78, 5) is 41.5. The highest BCUT2D eigenvalue weighted by atomic mass is 16.5. The Morgan fingerprint density at radius 2 is 1.43 bits per heavy atom. The lowest BCUT2D eigenvalue weighted by atomic mass is 9.66. The summed E-state index contributed by atoms with van der Waals surface area (Å²) in [5, 5.41) is 6.68. The number of nitrogens with one attached hydrogen (secondary N) is 2. The number of ether oxygens (including phenoxy) is 3. The number of benzene rings is 2. The van der Waals surface area contributed by atoms with Crippen molar-refractivity contribution in [2.45, 2.75) is 126 Å². The Kier molecular flexibility index (Phi) is 13.7. The van der Waals surface area contributed by atoms with E-state index in [-0.39, 0.29) is 29.4 Å². The molecule has 4 N–H and O–H groups in total. The van der Waals surface area contributed by atoms with Gasteiger partial charge in [0.15, 0.2) is 0 Å². The van der Waals surface area contributed by atoms with Gasteiger partial charge >= 0.3 is 0 Å². The maximum Gasteiger partial charge on any atom is 0.293 e.